The number of benzene rings is 2. The number of anilines is 1. The molecule has 0 aliphatic rings. The minimum atomic E-state index is -3.53. The number of nitrogens with zero attached hydrogens (tertiary/aromatic N) is 3. The highest BCUT2D eigenvalue weighted by Gasteiger charge is 2.22. The molecular formula is C22H26N4O4S2. The zero-order valence-corrected chi connectivity index (χ0v) is 20.0. The molecule has 0 spiro atoms. The second kappa shape index (κ2) is 10.6. The number of para-hydroxylation sites is 1. The van der Waals surface area contributed by atoms with Gasteiger partial charge in [0.25, 0.3) is 0 Å². The van der Waals surface area contributed by atoms with Crippen molar-refractivity contribution in [1.29, 1.82) is 0 Å². The third-order valence-corrected chi connectivity index (χ3v) is 7.57. The van der Waals surface area contributed by atoms with Gasteiger partial charge in [-0.2, -0.15) is 9.41 Å². The number of ether oxygens (including phenoxy) is 2. The number of hydrogen-bond acceptors (Lipinski definition) is 8. The van der Waals surface area contributed by atoms with E-state index in [-0.39, 0.29) is 4.90 Å². The van der Waals surface area contributed by atoms with E-state index in [9.17, 15) is 8.42 Å². The summed E-state index contributed by atoms with van der Waals surface area (Å²) in [6, 6.07) is 12.3. The number of rotatable bonds is 10. The molecule has 1 heterocycles. The van der Waals surface area contributed by atoms with Crippen molar-refractivity contribution in [3.8, 4) is 22.8 Å². The first-order valence-corrected chi connectivity index (χ1v) is 12.3. The predicted octanol–water partition coefficient (Wildman–Crippen LogP) is 4.30. The molecule has 8 nitrogen and oxygen atoms in total. The molecule has 0 saturated carbocycles. The summed E-state index contributed by atoms with van der Waals surface area (Å²) in [5.41, 5.74) is 5.06. The molecule has 1 N–H and O–H groups in total. The van der Waals surface area contributed by atoms with Crippen molar-refractivity contribution in [1.82, 2.24) is 9.29 Å². The quantitative estimate of drug-likeness (QED) is 0.348. The summed E-state index contributed by atoms with van der Waals surface area (Å²) in [5.74, 6) is 1.21. The highest BCUT2D eigenvalue weighted by atomic mass is 32.2. The van der Waals surface area contributed by atoms with E-state index in [4.69, 9.17) is 9.47 Å². The Hall–Kier alpha value is -2.95. The second-order valence-corrected chi connectivity index (χ2v) is 9.40. The molecule has 0 aliphatic carbocycles. The maximum atomic E-state index is 12.8. The van der Waals surface area contributed by atoms with E-state index in [0.717, 1.165) is 11.1 Å². The summed E-state index contributed by atoms with van der Waals surface area (Å²) in [7, 11) is -0.381. The van der Waals surface area contributed by atoms with E-state index in [0.29, 0.717) is 35.4 Å². The largest absolute Gasteiger partial charge is 0.493 e. The van der Waals surface area contributed by atoms with Crippen molar-refractivity contribution in [3.05, 3.63) is 53.4 Å². The fourth-order valence-electron chi connectivity index (χ4n) is 3.16. The van der Waals surface area contributed by atoms with Gasteiger partial charge in [0.15, 0.2) is 11.5 Å². The Labute approximate surface area is 192 Å². The Balaban J connectivity index is 1.78. The standard InChI is InChI=1S/C22H26N4O4S2/c1-5-26(6-2)32(27,28)18-11-7-9-16(13-18)19-15-31-22(24-19)25-23-14-17-10-8-12-20(29-3)21(17)30-4/h7-15H,5-6H2,1-4H3,(H,24,25)/b23-14+. The lowest BCUT2D eigenvalue weighted by molar-refractivity contribution is 0.354. The van der Waals surface area contributed by atoms with Crippen LogP contribution in [0.15, 0.2) is 57.8 Å². The minimum Gasteiger partial charge on any atom is -0.493 e. The molecule has 3 rings (SSSR count). The lowest BCUT2D eigenvalue weighted by Crippen LogP contribution is -2.30. The Morgan fingerprint density at radius 2 is 1.88 bits per heavy atom. The van der Waals surface area contributed by atoms with E-state index >= 15 is 0 Å². The number of methoxy groups -OCH3 is 2. The molecule has 2 aromatic carbocycles. The monoisotopic (exact) mass is 474 g/mol. The number of sulfonamides is 1. The van der Waals surface area contributed by atoms with Crippen molar-refractivity contribution < 1.29 is 17.9 Å². The molecular weight excluding hydrogens is 448 g/mol. The van der Waals surface area contributed by atoms with Gasteiger partial charge in [-0.05, 0) is 24.3 Å². The zero-order valence-electron chi connectivity index (χ0n) is 18.4. The lowest BCUT2D eigenvalue weighted by Gasteiger charge is -2.18. The minimum absolute atomic E-state index is 0.254. The molecule has 0 atom stereocenters. The third-order valence-electron chi connectivity index (χ3n) is 4.77. The number of hydrogen-bond donors (Lipinski definition) is 1. The lowest BCUT2D eigenvalue weighted by atomic mass is 10.2. The van der Waals surface area contributed by atoms with E-state index in [1.165, 1.54) is 15.6 Å². The molecule has 0 unspecified atom stereocenters. The van der Waals surface area contributed by atoms with Gasteiger partial charge in [0.2, 0.25) is 15.2 Å². The van der Waals surface area contributed by atoms with Crippen LogP contribution in [0.5, 0.6) is 11.5 Å². The van der Waals surface area contributed by atoms with E-state index in [1.807, 2.05) is 43.5 Å². The van der Waals surface area contributed by atoms with Gasteiger partial charge >= 0.3 is 0 Å². The predicted molar refractivity (Wildman–Crippen MR) is 128 cm³/mol. The van der Waals surface area contributed by atoms with Gasteiger partial charge < -0.3 is 9.47 Å². The van der Waals surface area contributed by atoms with Crippen LogP contribution in [0.1, 0.15) is 19.4 Å². The van der Waals surface area contributed by atoms with Crippen LogP contribution in [-0.4, -0.2) is 51.2 Å². The van der Waals surface area contributed by atoms with Gasteiger partial charge in [0.05, 0.1) is 31.0 Å². The summed E-state index contributed by atoms with van der Waals surface area (Å²) in [5, 5.41) is 6.67. The topological polar surface area (TPSA) is 93.1 Å². The van der Waals surface area contributed by atoms with Gasteiger partial charge in [-0.3, -0.25) is 5.43 Å². The molecule has 0 fully saturated rings. The molecule has 10 heteroatoms. The van der Waals surface area contributed by atoms with Gasteiger partial charge in [-0.25, -0.2) is 13.4 Å². The summed E-state index contributed by atoms with van der Waals surface area (Å²) in [4.78, 5) is 4.78. The highest BCUT2D eigenvalue weighted by molar-refractivity contribution is 7.89. The van der Waals surface area contributed by atoms with E-state index in [2.05, 4.69) is 15.5 Å². The Kier molecular flexibility index (Phi) is 7.84. The number of aromatic nitrogens is 1. The van der Waals surface area contributed by atoms with Crippen molar-refractivity contribution in [2.75, 3.05) is 32.7 Å². The fourth-order valence-corrected chi connectivity index (χ4v) is 5.33. The van der Waals surface area contributed by atoms with Gasteiger partial charge in [-0.1, -0.05) is 32.0 Å². The van der Waals surface area contributed by atoms with Crippen molar-refractivity contribution in [2.24, 2.45) is 5.10 Å². The molecule has 170 valence electrons. The first-order valence-electron chi connectivity index (χ1n) is 10.0. The Morgan fingerprint density at radius 1 is 1.12 bits per heavy atom. The first kappa shape index (κ1) is 23.7. The van der Waals surface area contributed by atoms with Crippen LogP contribution in [0.25, 0.3) is 11.3 Å². The van der Waals surface area contributed by atoms with Crippen LogP contribution < -0.4 is 14.9 Å². The summed E-state index contributed by atoms with van der Waals surface area (Å²) in [6.07, 6.45) is 1.62. The Morgan fingerprint density at radius 3 is 2.56 bits per heavy atom. The van der Waals surface area contributed by atoms with Crippen LogP contribution in [0, 0.1) is 0 Å². The first-order chi connectivity index (χ1) is 15.4. The van der Waals surface area contributed by atoms with Crippen molar-refractivity contribution in [2.45, 2.75) is 18.7 Å². The molecule has 0 aliphatic heterocycles. The van der Waals surface area contributed by atoms with Gasteiger partial charge in [-0.15, -0.1) is 11.3 Å². The number of hydrazone groups is 1. The van der Waals surface area contributed by atoms with E-state index < -0.39 is 10.0 Å². The van der Waals surface area contributed by atoms with Crippen LogP contribution >= 0.6 is 11.3 Å². The molecule has 32 heavy (non-hydrogen) atoms. The van der Waals surface area contributed by atoms with Crippen LogP contribution in [0.3, 0.4) is 0 Å². The smallest absolute Gasteiger partial charge is 0.243 e. The molecule has 0 amide bonds. The summed E-state index contributed by atoms with van der Waals surface area (Å²) in [6.45, 7) is 4.49. The number of nitrogens with one attached hydrogen (secondary N) is 1. The van der Waals surface area contributed by atoms with Crippen molar-refractivity contribution >= 4 is 32.7 Å². The maximum absolute atomic E-state index is 12.8. The molecule has 3 aromatic rings. The zero-order chi connectivity index (χ0) is 23.1. The number of thiazole rings is 1. The van der Waals surface area contributed by atoms with Crippen LogP contribution in [0.4, 0.5) is 5.13 Å². The second-order valence-electron chi connectivity index (χ2n) is 6.61. The average Bonchev–Trinajstić information content (AvgIpc) is 3.28. The molecule has 0 radical (unpaired) electrons. The summed E-state index contributed by atoms with van der Waals surface area (Å²) < 4.78 is 37.7. The highest BCUT2D eigenvalue weighted by Crippen LogP contribution is 2.30. The van der Waals surface area contributed by atoms with Crippen LogP contribution in [0.2, 0.25) is 0 Å². The molecule has 1 aromatic heterocycles. The van der Waals surface area contributed by atoms with Crippen molar-refractivity contribution in [3.63, 3.8) is 0 Å². The third kappa shape index (κ3) is 5.09. The Bertz CT molecular complexity index is 1190. The van der Waals surface area contributed by atoms with E-state index in [1.54, 1.807) is 38.6 Å². The average molecular weight is 475 g/mol. The fraction of sp³-hybridized carbons (Fsp3) is 0.273. The van der Waals surface area contributed by atoms with Gasteiger partial charge in [0, 0.05) is 29.6 Å². The maximum Gasteiger partial charge on any atom is 0.243 e. The van der Waals surface area contributed by atoms with Crippen LogP contribution in [-0.2, 0) is 10.0 Å². The molecule has 0 saturated heterocycles. The van der Waals surface area contributed by atoms with Gasteiger partial charge in [0.1, 0.15) is 0 Å². The normalized spacial score (nSPS) is 11.8. The summed E-state index contributed by atoms with van der Waals surface area (Å²) >= 11 is 1.37. The molecule has 0 bridgehead atoms. The SMILES string of the molecule is CCN(CC)S(=O)(=O)c1cccc(-c2csc(N/N=C/c3cccc(OC)c3OC)n2)c1.